The van der Waals surface area contributed by atoms with Crippen LogP contribution in [0.5, 0.6) is 0 Å². The number of nitrogens with zero attached hydrogens (tertiary/aromatic N) is 1. The Morgan fingerprint density at radius 3 is 2.43 bits per heavy atom. The molecule has 1 saturated carbocycles. The normalized spacial score (nSPS) is 28.7. The number of nitrogens with two attached hydrogens (primary N) is 1. The van der Waals surface area contributed by atoms with Crippen LogP contribution in [-0.2, 0) is 0 Å². The largest absolute Gasteiger partial charge is 0.330 e. The molecular formula is C12H26N2. The Morgan fingerprint density at radius 1 is 1.36 bits per heavy atom. The van der Waals surface area contributed by atoms with E-state index >= 15 is 0 Å². The first-order valence-corrected chi connectivity index (χ1v) is 5.85. The van der Waals surface area contributed by atoms with Crippen LogP contribution in [0.2, 0.25) is 0 Å². The van der Waals surface area contributed by atoms with Gasteiger partial charge in [-0.15, -0.1) is 0 Å². The Kier molecular flexibility index (Phi) is 3.96. The highest BCUT2D eigenvalue weighted by molar-refractivity contribution is 4.83. The average Bonchev–Trinajstić information content (AvgIpc) is 2.51. The van der Waals surface area contributed by atoms with Crippen LogP contribution in [0.15, 0.2) is 0 Å². The van der Waals surface area contributed by atoms with Crippen molar-refractivity contribution in [2.75, 3.05) is 20.1 Å². The van der Waals surface area contributed by atoms with E-state index in [1.165, 1.54) is 19.3 Å². The fraction of sp³-hybridized carbons (Fsp3) is 1.00. The van der Waals surface area contributed by atoms with E-state index in [0.717, 1.165) is 25.0 Å². The summed E-state index contributed by atoms with van der Waals surface area (Å²) in [6, 6.07) is 0.802. The molecule has 84 valence electrons. The second-order valence-corrected chi connectivity index (χ2v) is 5.86. The molecule has 2 N–H and O–H groups in total. The van der Waals surface area contributed by atoms with E-state index in [0.29, 0.717) is 0 Å². The maximum Gasteiger partial charge on any atom is 0.00950 e. The molecule has 1 fully saturated rings. The minimum absolute atomic E-state index is 0.264. The van der Waals surface area contributed by atoms with Crippen molar-refractivity contribution in [3.8, 4) is 0 Å². The van der Waals surface area contributed by atoms with Crippen LogP contribution >= 0.6 is 0 Å². The predicted molar refractivity (Wildman–Crippen MR) is 62.3 cm³/mol. The quantitative estimate of drug-likeness (QED) is 0.749. The molecule has 0 aromatic carbocycles. The Bertz CT molecular complexity index is 177. The lowest BCUT2D eigenvalue weighted by atomic mass is 9.92. The first kappa shape index (κ1) is 12.0. The van der Waals surface area contributed by atoms with E-state index in [1.807, 2.05) is 0 Å². The van der Waals surface area contributed by atoms with Crippen LogP contribution in [0.3, 0.4) is 0 Å². The van der Waals surface area contributed by atoms with Crippen molar-refractivity contribution in [3.05, 3.63) is 0 Å². The lowest BCUT2D eigenvalue weighted by Crippen LogP contribution is -2.41. The summed E-state index contributed by atoms with van der Waals surface area (Å²) in [5.74, 6) is 0.920. The molecule has 2 unspecified atom stereocenters. The molecule has 2 heteroatoms. The predicted octanol–water partition coefficient (Wildman–Crippen LogP) is 2.09. The minimum Gasteiger partial charge on any atom is -0.330 e. The minimum atomic E-state index is 0.264. The highest BCUT2D eigenvalue weighted by atomic mass is 15.1. The summed E-state index contributed by atoms with van der Waals surface area (Å²) in [6.45, 7) is 8.77. The van der Waals surface area contributed by atoms with Crippen LogP contribution in [0, 0.1) is 11.3 Å². The molecule has 2 atom stereocenters. The van der Waals surface area contributed by atoms with Gasteiger partial charge < -0.3 is 10.6 Å². The van der Waals surface area contributed by atoms with Gasteiger partial charge in [0.05, 0.1) is 0 Å². The van der Waals surface area contributed by atoms with Crippen LogP contribution < -0.4 is 5.73 Å². The first-order valence-electron chi connectivity index (χ1n) is 5.85. The van der Waals surface area contributed by atoms with Crippen molar-refractivity contribution in [2.24, 2.45) is 17.1 Å². The van der Waals surface area contributed by atoms with Gasteiger partial charge in [0.15, 0.2) is 0 Å². The molecule has 0 heterocycles. The van der Waals surface area contributed by atoms with E-state index in [4.69, 9.17) is 5.73 Å². The SMILES string of the molecule is CC1CCC(N(C)CC(C)(C)CN)C1. The smallest absolute Gasteiger partial charge is 0.00950 e. The van der Waals surface area contributed by atoms with Crippen molar-refractivity contribution in [1.82, 2.24) is 4.90 Å². The Hall–Kier alpha value is -0.0800. The fourth-order valence-electron chi connectivity index (χ4n) is 2.45. The molecule has 0 amide bonds. The van der Waals surface area contributed by atoms with E-state index in [9.17, 15) is 0 Å². The summed E-state index contributed by atoms with van der Waals surface area (Å²) in [6.07, 6.45) is 4.15. The standard InChI is InChI=1S/C12H26N2/c1-10-5-6-11(7-10)14(4)9-12(2,3)8-13/h10-11H,5-9,13H2,1-4H3. The summed E-state index contributed by atoms with van der Waals surface area (Å²) in [5, 5.41) is 0. The maximum absolute atomic E-state index is 5.75. The molecule has 0 aromatic rings. The molecule has 0 radical (unpaired) electrons. The third-order valence-electron chi connectivity index (χ3n) is 3.52. The van der Waals surface area contributed by atoms with Crippen molar-refractivity contribution in [1.29, 1.82) is 0 Å². The van der Waals surface area contributed by atoms with E-state index in [1.54, 1.807) is 0 Å². The molecule has 0 saturated heterocycles. The zero-order chi connectivity index (χ0) is 10.8. The average molecular weight is 198 g/mol. The topological polar surface area (TPSA) is 29.3 Å². The van der Waals surface area contributed by atoms with Crippen molar-refractivity contribution < 1.29 is 0 Å². The van der Waals surface area contributed by atoms with Gasteiger partial charge in [0.2, 0.25) is 0 Å². The van der Waals surface area contributed by atoms with Crippen LogP contribution in [0.25, 0.3) is 0 Å². The summed E-state index contributed by atoms with van der Waals surface area (Å²) in [5.41, 5.74) is 6.02. The first-order chi connectivity index (χ1) is 6.44. The maximum atomic E-state index is 5.75. The summed E-state index contributed by atoms with van der Waals surface area (Å²) >= 11 is 0. The molecule has 0 aliphatic heterocycles. The lowest BCUT2D eigenvalue weighted by molar-refractivity contribution is 0.164. The van der Waals surface area contributed by atoms with Gasteiger partial charge in [0, 0.05) is 12.6 Å². The van der Waals surface area contributed by atoms with Gasteiger partial charge in [-0.25, -0.2) is 0 Å². The van der Waals surface area contributed by atoms with Crippen molar-refractivity contribution in [3.63, 3.8) is 0 Å². The second-order valence-electron chi connectivity index (χ2n) is 5.86. The monoisotopic (exact) mass is 198 g/mol. The Labute approximate surface area is 88.8 Å². The van der Waals surface area contributed by atoms with Crippen LogP contribution in [0.4, 0.5) is 0 Å². The second kappa shape index (κ2) is 4.63. The fourth-order valence-corrected chi connectivity index (χ4v) is 2.45. The molecular weight excluding hydrogens is 172 g/mol. The third kappa shape index (κ3) is 3.25. The van der Waals surface area contributed by atoms with Gasteiger partial charge >= 0.3 is 0 Å². The van der Waals surface area contributed by atoms with Crippen molar-refractivity contribution in [2.45, 2.75) is 46.1 Å². The van der Waals surface area contributed by atoms with E-state index in [2.05, 4.69) is 32.7 Å². The molecule has 0 aromatic heterocycles. The zero-order valence-electron chi connectivity index (χ0n) is 10.2. The highest BCUT2D eigenvalue weighted by Crippen LogP contribution is 2.29. The highest BCUT2D eigenvalue weighted by Gasteiger charge is 2.27. The van der Waals surface area contributed by atoms with E-state index < -0.39 is 0 Å². The summed E-state index contributed by atoms with van der Waals surface area (Å²) in [4.78, 5) is 2.51. The summed E-state index contributed by atoms with van der Waals surface area (Å²) in [7, 11) is 2.25. The molecule has 1 rings (SSSR count). The van der Waals surface area contributed by atoms with Gasteiger partial charge in [0.25, 0.3) is 0 Å². The third-order valence-corrected chi connectivity index (χ3v) is 3.52. The molecule has 0 spiro atoms. The number of hydrogen-bond acceptors (Lipinski definition) is 2. The van der Waals surface area contributed by atoms with Crippen LogP contribution in [-0.4, -0.2) is 31.1 Å². The number of hydrogen-bond donors (Lipinski definition) is 1. The van der Waals surface area contributed by atoms with Gasteiger partial charge in [0.1, 0.15) is 0 Å². The van der Waals surface area contributed by atoms with Crippen molar-refractivity contribution >= 4 is 0 Å². The lowest BCUT2D eigenvalue weighted by Gasteiger charge is -2.33. The van der Waals surface area contributed by atoms with Gasteiger partial charge in [-0.3, -0.25) is 0 Å². The van der Waals surface area contributed by atoms with E-state index in [-0.39, 0.29) is 5.41 Å². The number of rotatable bonds is 4. The zero-order valence-corrected chi connectivity index (χ0v) is 10.2. The molecule has 1 aliphatic rings. The molecule has 1 aliphatic carbocycles. The molecule has 14 heavy (non-hydrogen) atoms. The van der Waals surface area contributed by atoms with Gasteiger partial charge in [-0.2, -0.15) is 0 Å². The van der Waals surface area contributed by atoms with Gasteiger partial charge in [-0.1, -0.05) is 20.8 Å². The Balaban J connectivity index is 2.38. The Morgan fingerprint density at radius 2 is 2.00 bits per heavy atom. The summed E-state index contributed by atoms with van der Waals surface area (Å²) < 4.78 is 0. The molecule has 2 nitrogen and oxygen atoms in total. The van der Waals surface area contributed by atoms with Gasteiger partial charge in [-0.05, 0) is 44.2 Å². The van der Waals surface area contributed by atoms with Crippen LogP contribution in [0.1, 0.15) is 40.0 Å². The molecule has 0 bridgehead atoms.